The molecule has 0 unspecified atom stereocenters. The molecule has 1 saturated carbocycles. The molecule has 0 aromatic rings. The lowest BCUT2D eigenvalue weighted by molar-refractivity contribution is -0.125. The highest BCUT2D eigenvalue weighted by molar-refractivity contribution is 5.85. The first kappa shape index (κ1) is 18.7. The van der Waals surface area contributed by atoms with Gasteiger partial charge in [-0.15, -0.1) is 12.4 Å². The Hall–Kier alpha value is -0.320. The SMILES string of the molecule is COCCC1(CNC(=O)[C@@H](N)C(C)(C)C)CCC1.Cl. The molecule has 114 valence electrons. The van der Waals surface area contributed by atoms with E-state index in [2.05, 4.69) is 5.32 Å². The van der Waals surface area contributed by atoms with Gasteiger partial charge in [0.2, 0.25) is 5.91 Å². The summed E-state index contributed by atoms with van der Waals surface area (Å²) in [5.41, 5.74) is 6.01. The number of rotatable bonds is 6. The number of hydrogen-bond donors (Lipinski definition) is 2. The molecule has 0 bridgehead atoms. The van der Waals surface area contributed by atoms with Crippen LogP contribution in [-0.4, -0.2) is 32.2 Å². The minimum Gasteiger partial charge on any atom is -0.385 e. The van der Waals surface area contributed by atoms with Crippen LogP contribution >= 0.6 is 12.4 Å². The molecular weight excluding hydrogens is 264 g/mol. The van der Waals surface area contributed by atoms with E-state index in [-0.39, 0.29) is 29.1 Å². The van der Waals surface area contributed by atoms with E-state index in [1.165, 1.54) is 19.3 Å². The van der Waals surface area contributed by atoms with Gasteiger partial charge in [0.05, 0.1) is 6.04 Å². The van der Waals surface area contributed by atoms with Crippen LogP contribution in [0.5, 0.6) is 0 Å². The van der Waals surface area contributed by atoms with Crippen LogP contribution in [0.4, 0.5) is 0 Å². The number of ether oxygens (including phenoxy) is 1. The van der Waals surface area contributed by atoms with Crippen molar-refractivity contribution in [3.8, 4) is 0 Å². The Bertz CT molecular complexity index is 286. The summed E-state index contributed by atoms with van der Waals surface area (Å²) >= 11 is 0. The van der Waals surface area contributed by atoms with Gasteiger partial charge in [0.25, 0.3) is 0 Å². The van der Waals surface area contributed by atoms with E-state index in [1.54, 1.807) is 7.11 Å². The first-order valence-electron chi connectivity index (χ1n) is 6.83. The van der Waals surface area contributed by atoms with Gasteiger partial charge >= 0.3 is 0 Å². The van der Waals surface area contributed by atoms with Gasteiger partial charge < -0.3 is 15.8 Å². The lowest BCUT2D eigenvalue weighted by Crippen LogP contribution is -2.52. The molecule has 0 spiro atoms. The standard InChI is InChI=1S/C14H28N2O2.ClH/c1-13(2,3)11(15)12(17)16-10-14(6-5-7-14)8-9-18-4;/h11H,5-10,15H2,1-4H3,(H,16,17);1H/t11-;/m1./s1. The number of carbonyl (C=O) groups is 1. The summed E-state index contributed by atoms with van der Waals surface area (Å²) < 4.78 is 5.14. The van der Waals surface area contributed by atoms with E-state index in [9.17, 15) is 4.79 Å². The summed E-state index contributed by atoms with van der Waals surface area (Å²) in [5.74, 6) is -0.0359. The normalized spacial score (nSPS) is 19.0. The van der Waals surface area contributed by atoms with Crippen LogP contribution in [0, 0.1) is 10.8 Å². The fourth-order valence-corrected chi connectivity index (χ4v) is 2.29. The maximum atomic E-state index is 12.0. The van der Waals surface area contributed by atoms with Crippen LogP contribution in [0.2, 0.25) is 0 Å². The second-order valence-corrected chi connectivity index (χ2v) is 6.66. The first-order chi connectivity index (χ1) is 8.31. The average molecular weight is 293 g/mol. The highest BCUT2D eigenvalue weighted by Gasteiger charge is 2.37. The van der Waals surface area contributed by atoms with Crippen molar-refractivity contribution in [2.75, 3.05) is 20.3 Å². The van der Waals surface area contributed by atoms with Crippen molar-refractivity contribution in [1.82, 2.24) is 5.32 Å². The Morgan fingerprint density at radius 2 is 2.00 bits per heavy atom. The molecule has 1 rings (SSSR count). The fraction of sp³-hybridized carbons (Fsp3) is 0.929. The van der Waals surface area contributed by atoms with Crippen LogP contribution in [-0.2, 0) is 9.53 Å². The number of methoxy groups -OCH3 is 1. The molecule has 0 radical (unpaired) electrons. The van der Waals surface area contributed by atoms with Crippen molar-refractivity contribution in [2.45, 2.75) is 52.5 Å². The lowest BCUT2D eigenvalue weighted by Gasteiger charge is -2.42. The lowest BCUT2D eigenvalue weighted by atomic mass is 9.66. The summed E-state index contributed by atoms with van der Waals surface area (Å²) in [6, 6.07) is -0.447. The number of nitrogens with two attached hydrogens (primary N) is 1. The van der Waals surface area contributed by atoms with E-state index < -0.39 is 6.04 Å². The summed E-state index contributed by atoms with van der Waals surface area (Å²) in [4.78, 5) is 12.0. The van der Waals surface area contributed by atoms with Crippen molar-refractivity contribution in [1.29, 1.82) is 0 Å². The van der Waals surface area contributed by atoms with E-state index in [0.717, 1.165) is 19.6 Å². The van der Waals surface area contributed by atoms with Gasteiger partial charge in [-0.05, 0) is 30.1 Å². The van der Waals surface area contributed by atoms with Gasteiger partial charge in [0, 0.05) is 20.3 Å². The van der Waals surface area contributed by atoms with Gasteiger partial charge in [-0.1, -0.05) is 27.2 Å². The zero-order chi connectivity index (χ0) is 13.8. The third-order valence-corrected chi connectivity index (χ3v) is 4.10. The maximum Gasteiger partial charge on any atom is 0.237 e. The van der Waals surface area contributed by atoms with Crippen molar-refractivity contribution in [3.63, 3.8) is 0 Å². The highest BCUT2D eigenvalue weighted by atomic mass is 35.5. The molecule has 1 aliphatic rings. The summed E-state index contributed by atoms with van der Waals surface area (Å²) in [7, 11) is 1.72. The third-order valence-electron chi connectivity index (χ3n) is 4.10. The van der Waals surface area contributed by atoms with Gasteiger partial charge in [-0.3, -0.25) is 4.79 Å². The van der Waals surface area contributed by atoms with Crippen LogP contribution in [0.25, 0.3) is 0 Å². The quantitative estimate of drug-likeness (QED) is 0.788. The predicted molar refractivity (Wildman–Crippen MR) is 80.5 cm³/mol. The number of amides is 1. The summed E-state index contributed by atoms with van der Waals surface area (Å²) in [6.45, 7) is 7.46. The zero-order valence-corrected chi connectivity index (χ0v) is 13.4. The Balaban J connectivity index is 0.00000324. The summed E-state index contributed by atoms with van der Waals surface area (Å²) in [6.07, 6.45) is 4.64. The van der Waals surface area contributed by atoms with Crippen molar-refractivity contribution in [3.05, 3.63) is 0 Å². The predicted octanol–water partition coefficient (Wildman–Crippen LogP) is 2.10. The molecule has 1 atom stereocenters. The molecule has 4 nitrogen and oxygen atoms in total. The maximum absolute atomic E-state index is 12.0. The molecular formula is C14H29ClN2O2. The fourth-order valence-electron chi connectivity index (χ4n) is 2.29. The molecule has 0 heterocycles. The Morgan fingerprint density at radius 3 is 2.37 bits per heavy atom. The molecule has 1 fully saturated rings. The Labute approximate surface area is 123 Å². The second kappa shape index (κ2) is 7.46. The van der Waals surface area contributed by atoms with Crippen molar-refractivity contribution >= 4 is 18.3 Å². The van der Waals surface area contributed by atoms with Crippen molar-refractivity contribution < 1.29 is 9.53 Å². The molecule has 1 aliphatic carbocycles. The number of carbonyl (C=O) groups excluding carboxylic acids is 1. The largest absolute Gasteiger partial charge is 0.385 e. The van der Waals surface area contributed by atoms with E-state index in [4.69, 9.17) is 10.5 Å². The average Bonchev–Trinajstić information content (AvgIpc) is 2.24. The monoisotopic (exact) mass is 292 g/mol. The van der Waals surface area contributed by atoms with Gasteiger partial charge in [-0.2, -0.15) is 0 Å². The molecule has 5 heteroatoms. The molecule has 1 amide bonds. The molecule has 3 N–H and O–H groups in total. The number of halogens is 1. The summed E-state index contributed by atoms with van der Waals surface area (Å²) in [5, 5.41) is 3.02. The minimum atomic E-state index is -0.447. The van der Waals surface area contributed by atoms with Crippen LogP contribution in [0.15, 0.2) is 0 Å². The number of nitrogens with one attached hydrogen (secondary N) is 1. The molecule has 0 aromatic heterocycles. The van der Waals surface area contributed by atoms with Crippen LogP contribution in [0.1, 0.15) is 46.5 Å². The number of hydrogen-bond acceptors (Lipinski definition) is 3. The Kier molecular flexibility index (Phi) is 7.33. The van der Waals surface area contributed by atoms with E-state index in [0.29, 0.717) is 0 Å². The molecule has 19 heavy (non-hydrogen) atoms. The van der Waals surface area contributed by atoms with Gasteiger partial charge in [-0.25, -0.2) is 0 Å². The van der Waals surface area contributed by atoms with Gasteiger partial charge in [0.1, 0.15) is 0 Å². The van der Waals surface area contributed by atoms with Crippen LogP contribution < -0.4 is 11.1 Å². The van der Waals surface area contributed by atoms with Gasteiger partial charge in [0.15, 0.2) is 0 Å². The smallest absolute Gasteiger partial charge is 0.237 e. The first-order valence-corrected chi connectivity index (χ1v) is 6.83. The Morgan fingerprint density at radius 1 is 1.42 bits per heavy atom. The molecule has 0 aliphatic heterocycles. The topological polar surface area (TPSA) is 64.3 Å². The van der Waals surface area contributed by atoms with E-state index >= 15 is 0 Å². The second-order valence-electron chi connectivity index (χ2n) is 6.66. The molecule has 0 saturated heterocycles. The third kappa shape index (κ3) is 5.28. The highest BCUT2D eigenvalue weighted by Crippen LogP contribution is 2.43. The van der Waals surface area contributed by atoms with E-state index in [1.807, 2.05) is 20.8 Å². The van der Waals surface area contributed by atoms with Crippen LogP contribution in [0.3, 0.4) is 0 Å². The molecule has 0 aromatic carbocycles. The minimum absolute atomic E-state index is 0. The van der Waals surface area contributed by atoms with Crippen molar-refractivity contribution in [2.24, 2.45) is 16.6 Å². The zero-order valence-electron chi connectivity index (χ0n) is 12.6.